The van der Waals surface area contributed by atoms with Gasteiger partial charge < -0.3 is 10.5 Å². The highest BCUT2D eigenvalue weighted by Gasteiger charge is 2.05. The molecular formula is C10H10ClN3O. The van der Waals surface area contributed by atoms with Crippen molar-refractivity contribution in [3.8, 4) is 11.8 Å². The van der Waals surface area contributed by atoms with Crippen LogP contribution in [0.5, 0.6) is 11.8 Å². The van der Waals surface area contributed by atoms with Crippen LogP contribution in [0, 0.1) is 0 Å². The van der Waals surface area contributed by atoms with E-state index in [-0.39, 0.29) is 0 Å². The number of anilines is 1. The van der Waals surface area contributed by atoms with Crippen LogP contribution in [0.2, 0.25) is 5.02 Å². The Morgan fingerprint density at radius 2 is 2.27 bits per heavy atom. The van der Waals surface area contributed by atoms with Gasteiger partial charge in [0.25, 0.3) is 0 Å². The van der Waals surface area contributed by atoms with Gasteiger partial charge in [-0.3, -0.25) is 4.57 Å². The minimum absolute atomic E-state index is 0.440. The summed E-state index contributed by atoms with van der Waals surface area (Å²) in [4.78, 5) is 4.01. The summed E-state index contributed by atoms with van der Waals surface area (Å²) in [5, 5.41) is 0.620. The molecule has 15 heavy (non-hydrogen) atoms. The first-order valence-electron chi connectivity index (χ1n) is 4.37. The lowest BCUT2D eigenvalue weighted by Gasteiger charge is -2.05. The van der Waals surface area contributed by atoms with Gasteiger partial charge in [0.15, 0.2) is 0 Å². The molecular weight excluding hydrogens is 214 g/mol. The van der Waals surface area contributed by atoms with Gasteiger partial charge in [0, 0.05) is 12.1 Å². The first kappa shape index (κ1) is 9.86. The van der Waals surface area contributed by atoms with Crippen molar-refractivity contribution in [2.75, 3.05) is 5.73 Å². The fourth-order valence-electron chi connectivity index (χ4n) is 1.14. The van der Waals surface area contributed by atoms with Crippen molar-refractivity contribution in [3.05, 3.63) is 35.5 Å². The van der Waals surface area contributed by atoms with Gasteiger partial charge in [-0.15, -0.1) is 0 Å². The molecule has 4 nitrogen and oxygen atoms in total. The van der Waals surface area contributed by atoms with Gasteiger partial charge in [-0.2, -0.15) is 0 Å². The second-order valence-electron chi connectivity index (χ2n) is 3.08. The molecule has 0 spiro atoms. The normalized spacial score (nSPS) is 10.3. The van der Waals surface area contributed by atoms with Crippen LogP contribution in [0.25, 0.3) is 0 Å². The number of ether oxygens (including phenoxy) is 1. The lowest BCUT2D eigenvalue weighted by atomic mass is 10.3. The summed E-state index contributed by atoms with van der Waals surface area (Å²) in [5.41, 5.74) is 5.62. The Morgan fingerprint density at radius 1 is 1.47 bits per heavy atom. The number of hydrogen-bond donors (Lipinski definition) is 1. The number of nitrogens with zero attached hydrogens (tertiary/aromatic N) is 2. The second-order valence-corrected chi connectivity index (χ2v) is 3.52. The van der Waals surface area contributed by atoms with Crippen molar-refractivity contribution in [2.45, 2.75) is 0 Å². The summed E-state index contributed by atoms with van der Waals surface area (Å²) in [6.45, 7) is 0. The largest absolute Gasteiger partial charge is 0.425 e. The summed E-state index contributed by atoms with van der Waals surface area (Å²) in [6, 6.07) is 7.55. The molecule has 0 aliphatic rings. The van der Waals surface area contributed by atoms with E-state index < -0.39 is 0 Å². The smallest absolute Gasteiger partial charge is 0.303 e. The van der Waals surface area contributed by atoms with Gasteiger partial charge in [-0.05, 0) is 18.2 Å². The van der Waals surface area contributed by atoms with Gasteiger partial charge >= 0.3 is 6.01 Å². The van der Waals surface area contributed by atoms with E-state index in [9.17, 15) is 0 Å². The molecule has 0 aliphatic carbocycles. The first-order chi connectivity index (χ1) is 7.16. The van der Waals surface area contributed by atoms with Crippen LogP contribution in [0.15, 0.2) is 30.5 Å². The number of benzene rings is 1. The van der Waals surface area contributed by atoms with Crippen molar-refractivity contribution in [3.63, 3.8) is 0 Å². The van der Waals surface area contributed by atoms with E-state index in [0.29, 0.717) is 22.6 Å². The van der Waals surface area contributed by atoms with Crippen LogP contribution in [-0.2, 0) is 7.05 Å². The minimum atomic E-state index is 0.440. The third kappa shape index (κ3) is 2.05. The molecule has 78 valence electrons. The maximum Gasteiger partial charge on any atom is 0.303 e. The molecule has 0 amide bonds. The third-order valence-corrected chi connectivity index (χ3v) is 2.22. The van der Waals surface area contributed by atoms with Crippen molar-refractivity contribution in [1.29, 1.82) is 0 Å². The molecule has 0 aliphatic heterocycles. The molecule has 2 aromatic rings. The Bertz CT molecular complexity index is 481. The predicted molar refractivity (Wildman–Crippen MR) is 59.1 cm³/mol. The first-order valence-corrected chi connectivity index (χ1v) is 4.75. The predicted octanol–water partition coefficient (Wildman–Crippen LogP) is 2.45. The summed E-state index contributed by atoms with van der Waals surface area (Å²) >= 11 is 5.82. The van der Waals surface area contributed by atoms with Crippen molar-refractivity contribution in [1.82, 2.24) is 9.55 Å². The third-order valence-electron chi connectivity index (χ3n) is 1.99. The molecule has 0 atom stereocenters. The lowest BCUT2D eigenvalue weighted by Crippen LogP contribution is -1.98. The molecule has 5 heteroatoms. The Morgan fingerprint density at radius 3 is 2.87 bits per heavy atom. The maximum atomic E-state index is 5.82. The average Bonchev–Trinajstić information content (AvgIpc) is 2.50. The minimum Gasteiger partial charge on any atom is -0.425 e. The monoisotopic (exact) mass is 223 g/mol. The fraction of sp³-hybridized carbons (Fsp3) is 0.100. The standard InChI is InChI=1S/C10H10ClN3O/c1-14-9(12)6-13-10(14)15-8-4-2-3-7(11)5-8/h2-6H,12H2,1H3. The molecule has 0 saturated heterocycles. The fourth-order valence-corrected chi connectivity index (χ4v) is 1.32. The van der Waals surface area contributed by atoms with E-state index in [1.165, 1.54) is 0 Å². The Hall–Kier alpha value is -1.68. The molecule has 0 unspecified atom stereocenters. The van der Waals surface area contributed by atoms with Gasteiger partial charge in [0.1, 0.15) is 11.6 Å². The summed E-state index contributed by atoms with van der Waals surface area (Å²) < 4.78 is 7.15. The van der Waals surface area contributed by atoms with E-state index in [2.05, 4.69) is 4.98 Å². The zero-order valence-electron chi connectivity index (χ0n) is 8.14. The van der Waals surface area contributed by atoms with Crippen LogP contribution < -0.4 is 10.5 Å². The average molecular weight is 224 g/mol. The van der Waals surface area contributed by atoms with Crippen molar-refractivity contribution < 1.29 is 4.74 Å². The van der Waals surface area contributed by atoms with Crippen LogP contribution in [0.3, 0.4) is 0 Å². The number of rotatable bonds is 2. The zero-order valence-corrected chi connectivity index (χ0v) is 8.90. The van der Waals surface area contributed by atoms with Gasteiger partial charge in [-0.25, -0.2) is 4.98 Å². The molecule has 2 N–H and O–H groups in total. The quantitative estimate of drug-likeness (QED) is 0.851. The van der Waals surface area contributed by atoms with Gasteiger partial charge in [-0.1, -0.05) is 17.7 Å². The second kappa shape index (κ2) is 3.82. The summed E-state index contributed by atoms with van der Waals surface area (Å²) in [5.74, 6) is 1.18. The summed E-state index contributed by atoms with van der Waals surface area (Å²) in [7, 11) is 1.78. The van der Waals surface area contributed by atoms with Crippen LogP contribution in [0.1, 0.15) is 0 Å². The van der Waals surface area contributed by atoms with E-state index in [1.807, 2.05) is 6.07 Å². The number of aromatic nitrogens is 2. The van der Waals surface area contributed by atoms with E-state index in [4.69, 9.17) is 22.1 Å². The topological polar surface area (TPSA) is 53.1 Å². The Labute approximate surface area is 92.2 Å². The Balaban J connectivity index is 2.26. The highest BCUT2D eigenvalue weighted by molar-refractivity contribution is 6.30. The highest BCUT2D eigenvalue weighted by atomic mass is 35.5. The van der Waals surface area contributed by atoms with Gasteiger partial charge in [0.2, 0.25) is 0 Å². The molecule has 2 rings (SSSR count). The number of imidazole rings is 1. The molecule has 1 heterocycles. The number of nitrogens with two attached hydrogens (primary N) is 1. The number of halogens is 1. The molecule has 1 aromatic heterocycles. The molecule has 1 aromatic carbocycles. The van der Waals surface area contributed by atoms with Crippen LogP contribution in [0.4, 0.5) is 5.82 Å². The Kier molecular flexibility index (Phi) is 2.51. The zero-order chi connectivity index (χ0) is 10.8. The van der Waals surface area contributed by atoms with Crippen LogP contribution in [-0.4, -0.2) is 9.55 Å². The van der Waals surface area contributed by atoms with Crippen LogP contribution >= 0.6 is 11.6 Å². The SMILES string of the molecule is Cn1c(N)cnc1Oc1cccc(Cl)c1. The molecule has 0 saturated carbocycles. The lowest BCUT2D eigenvalue weighted by molar-refractivity contribution is 0.426. The van der Waals surface area contributed by atoms with E-state index in [1.54, 1.807) is 36.0 Å². The van der Waals surface area contributed by atoms with Crippen molar-refractivity contribution >= 4 is 17.4 Å². The maximum absolute atomic E-state index is 5.82. The molecule has 0 bridgehead atoms. The molecule has 0 radical (unpaired) electrons. The van der Waals surface area contributed by atoms with E-state index >= 15 is 0 Å². The molecule has 0 fully saturated rings. The van der Waals surface area contributed by atoms with E-state index in [0.717, 1.165) is 0 Å². The number of hydrogen-bond acceptors (Lipinski definition) is 3. The summed E-state index contributed by atoms with van der Waals surface area (Å²) in [6.07, 6.45) is 1.54. The van der Waals surface area contributed by atoms with Crippen molar-refractivity contribution in [2.24, 2.45) is 7.05 Å². The van der Waals surface area contributed by atoms with Gasteiger partial charge in [0.05, 0.1) is 6.20 Å². The highest BCUT2D eigenvalue weighted by Crippen LogP contribution is 2.23. The number of nitrogen functional groups attached to an aromatic ring is 1.